The van der Waals surface area contributed by atoms with Crippen LogP contribution >= 0.6 is 0 Å². The molecule has 0 aliphatic carbocycles. The van der Waals surface area contributed by atoms with E-state index in [0.29, 0.717) is 0 Å². The van der Waals surface area contributed by atoms with Crippen molar-refractivity contribution in [3.63, 3.8) is 0 Å². The molecule has 0 atom stereocenters. The highest BCUT2D eigenvalue weighted by atomic mass is 14.2. The van der Waals surface area contributed by atoms with Crippen LogP contribution in [0, 0.1) is 0 Å². The highest BCUT2D eigenvalue weighted by Crippen LogP contribution is 2.46. The average Bonchev–Trinajstić information content (AvgIpc) is 3.17. The van der Waals surface area contributed by atoms with Crippen molar-refractivity contribution in [1.82, 2.24) is 0 Å². The predicted octanol–water partition coefficient (Wildman–Crippen LogP) is 13.5. The molecule has 0 heterocycles. The molecule has 0 spiro atoms. The van der Waals surface area contributed by atoms with Gasteiger partial charge in [-0.15, -0.1) is 0 Å². The topological polar surface area (TPSA) is 0 Å². The number of fused-ring (bicyclic) bond motifs is 3. The molecule has 0 heteroatoms. The zero-order chi connectivity index (χ0) is 31.9. The Labute approximate surface area is 281 Å². The molecule has 0 unspecified atom stereocenters. The van der Waals surface area contributed by atoms with Gasteiger partial charge in [0.2, 0.25) is 0 Å². The summed E-state index contributed by atoms with van der Waals surface area (Å²) in [5, 5.41) is 7.56. The van der Waals surface area contributed by atoms with Crippen LogP contribution in [0.4, 0.5) is 0 Å². The summed E-state index contributed by atoms with van der Waals surface area (Å²) < 4.78 is 0. The molecule has 0 aromatic heterocycles. The fraction of sp³-hybridized carbons (Fsp3) is 0. The Bertz CT molecular complexity index is 2510. The molecule has 0 radical (unpaired) electrons. The van der Waals surface area contributed by atoms with E-state index in [1.165, 1.54) is 88.0 Å². The van der Waals surface area contributed by atoms with E-state index in [2.05, 4.69) is 194 Å². The van der Waals surface area contributed by atoms with Gasteiger partial charge in [0.05, 0.1) is 0 Å². The van der Waals surface area contributed by atoms with Crippen molar-refractivity contribution in [2.24, 2.45) is 0 Å². The van der Waals surface area contributed by atoms with E-state index in [0.717, 1.165) is 0 Å². The minimum absolute atomic E-state index is 1.21. The van der Waals surface area contributed by atoms with Crippen LogP contribution < -0.4 is 0 Å². The number of rotatable bonds is 5. The first-order valence-corrected chi connectivity index (χ1v) is 16.6. The average molecular weight is 609 g/mol. The molecule has 9 rings (SSSR count). The summed E-state index contributed by atoms with van der Waals surface area (Å²) in [4.78, 5) is 0. The largest absolute Gasteiger partial charge is 0.0622 e. The summed E-state index contributed by atoms with van der Waals surface area (Å²) in [7, 11) is 0. The normalized spacial score (nSPS) is 11.3. The number of benzene rings is 9. The van der Waals surface area contributed by atoms with Crippen LogP contribution in [0.1, 0.15) is 0 Å². The lowest BCUT2D eigenvalue weighted by atomic mass is 9.84. The fourth-order valence-corrected chi connectivity index (χ4v) is 7.46. The van der Waals surface area contributed by atoms with Crippen LogP contribution in [0.2, 0.25) is 0 Å². The first kappa shape index (κ1) is 28.0. The summed E-state index contributed by atoms with van der Waals surface area (Å²) in [5.74, 6) is 0. The zero-order valence-electron chi connectivity index (χ0n) is 26.5. The smallest absolute Gasteiger partial charge is 0.00261 e. The van der Waals surface area contributed by atoms with Gasteiger partial charge in [0.1, 0.15) is 0 Å². The number of hydrogen-bond donors (Lipinski definition) is 0. The molecule has 0 fully saturated rings. The summed E-state index contributed by atoms with van der Waals surface area (Å²) in [6, 6.07) is 70.7. The molecule has 0 saturated carbocycles. The van der Waals surface area contributed by atoms with Crippen molar-refractivity contribution in [3.05, 3.63) is 194 Å². The quantitative estimate of drug-likeness (QED) is 0.171. The molecule has 224 valence electrons. The molecular formula is C48H32. The Kier molecular flexibility index (Phi) is 6.91. The maximum absolute atomic E-state index is 2.43. The maximum atomic E-state index is 2.43. The Morgan fingerprint density at radius 1 is 0.208 bits per heavy atom. The Morgan fingerprint density at radius 2 is 0.583 bits per heavy atom. The highest BCUT2D eigenvalue weighted by Gasteiger charge is 2.18. The summed E-state index contributed by atoms with van der Waals surface area (Å²) in [6.07, 6.45) is 0. The van der Waals surface area contributed by atoms with Gasteiger partial charge in [-0.1, -0.05) is 188 Å². The standard InChI is InChI=1S/C48H32/c1-4-14-33(15-5-1)34-24-27-38(28-25-34)46-40(35-16-6-2-7-17-35)31-30-36-26-29-39(32-45(36)46)48-43-22-12-10-20-41(43)47(37-18-8-3-9-19-37)42-21-11-13-23-44(42)48/h1-32H. The van der Waals surface area contributed by atoms with Gasteiger partial charge in [-0.05, 0) is 94.0 Å². The van der Waals surface area contributed by atoms with Crippen molar-refractivity contribution < 1.29 is 0 Å². The van der Waals surface area contributed by atoms with E-state index in [-0.39, 0.29) is 0 Å². The van der Waals surface area contributed by atoms with Crippen molar-refractivity contribution in [1.29, 1.82) is 0 Å². The highest BCUT2D eigenvalue weighted by molar-refractivity contribution is 6.22. The SMILES string of the molecule is c1ccc(-c2ccc(-c3c(-c4ccccc4)ccc4ccc(-c5c6ccccc6c(-c6ccccc6)c6ccccc56)cc34)cc2)cc1. The fourth-order valence-electron chi connectivity index (χ4n) is 7.46. The van der Waals surface area contributed by atoms with Crippen molar-refractivity contribution in [2.75, 3.05) is 0 Å². The van der Waals surface area contributed by atoms with Crippen LogP contribution in [0.5, 0.6) is 0 Å². The number of hydrogen-bond acceptors (Lipinski definition) is 0. The second-order valence-electron chi connectivity index (χ2n) is 12.4. The minimum atomic E-state index is 1.21. The molecule has 0 aliphatic rings. The van der Waals surface area contributed by atoms with Gasteiger partial charge in [0, 0.05) is 0 Å². The molecule has 0 aliphatic heterocycles. The molecule has 0 bridgehead atoms. The van der Waals surface area contributed by atoms with Gasteiger partial charge in [0.25, 0.3) is 0 Å². The third kappa shape index (κ3) is 4.78. The first-order chi connectivity index (χ1) is 23.8. The van der Waals surface area contributed by atoms with Gasteiger partial charge in [0.15, 0.2) is 0 Å². The Hall–Kier alpha value is -6.24. The van der Waals surface area contributed by atoms with Gasteiger partial charge in [-0.3, -0.25) is 0 Å². The molecule has 0 amide bonds. The third-order valence-electron chi connectivity index (χ3n) is 9.67. The molecule has 0 N–H and O–H groups in total. The molecule has 0 nitrogen and oxygen atoms in total. The van der Waals surface area contributed by atoms with E-state index in [1.54, 1.807) is 0 Å². The van der Waals surface area contributed by atoms with Gasteiger partial charge < -0.3 is 0 Å². The van der Waals surface area contributed by atoms with E-state index < -0.39 is 0 Å². The van der Waals surface area contributed by atoms with Crippen molar-refractivity contribution in [2.45, 2.75) is 0 Å². The van der Waals surface area contributed by atoms with Crippen LogP contribution in [-0.4, -0.2) is 0 Å². The van der Waals surface area contributed by atoms with E-state index in [1.807, 2.05) is 0 Å². The van der Waals surface area contributed by atoms with E-state index in [4.69, 9.17) is 0 Å². The molecule has 0 saturated heterocycles. The summed E-state index contributed by atoms with van der Waals surface area (Å²) in [6.45, 7) is 0. The minimum Gasteiger partial charge on any atom is -0.0622 e. The summed E-state index contributed by atoms with van der Waals surface area (Å²) in [5.41, 5.74) is 12.4. The van der Waals surface area contributed by atoms with Crippen LogP contribution in [0.3, 0.4) is 0 Å². The van der Waals surface area contributed by atoms with Crippen LogP contribution in [0.25, 0.3) is 88.0 Å². The monoisotopic (exact) mass is 608 g/mol. The third-order valence-corrected chi connectivity index (χ3v) is 9.67. The van der Waals surface area contributed by atoms with Crippen LogP contribution in [-0.2, 0) is 0 Å². The summed E-state index contributed by atoms with van der Waals surface area (Å²) >= 11 is 0. The second kappa shape index (κ2) is 11.8. The Balaban J connectivity index is 1.33. The van der Waals surface area contributed by atoms with E-state index >= 15 is 0 Å². The van der Waals surface area contributed by atoms with Gasteiger partial charge in [-0.2, -0.15) is 0 Å². The van der Waals surface area contributed by atoms with Gasteiger partial charge >= 0.3 is 0 Å². The molecule has 9 aromatic rings. The molecular weight excluding hydrogens is 577 g/mol. The van der Waals surface area contributed by atoms with Crippen LogP contribution in [0.15, 0.2) is 194 Å². The van der Waals surface area contributed by atoms with Crippen molar-refractivity contribution >= 4 is 32.3 Å². The lowest BCUT2D eigenvalue weighted by Gasteiger charge is -2.19. The van der Waals surface area contributed by atoms with Gasteiger partial charge in [-0.25, -0.2) is 0 Å². The Morgan fingerprint density at radius 3 is 1.15 bits per heavy atom. The lowest BCUT2D eigenvalue weighted by molar-refractivity contribution is 1.59. The predicted molar refractivity (Wildman–Crippen MR) is 206 cm³/mol. The maximum Gasteiger partial charge on any atom is -0.00261 e. The lowest BCUT2D eigenvalue weighted by Crippen LogP contribution is -1.92. The molecule has 48 heavy (non-hydrogen) atoms. The molecule has 9 aromatic carbocycles. The first-order valence-electron chi connectivity index (χ1n) is 16.6. The van der Waals surface area contributed by atoms with Crippen molar-refractivity contribution in [3.8, 4) is 55.6 Å². The van der Waals surface area contributed by atoms with E-state index in [9.17, 15) is 0 Å². The second-order valence-corrected chi connectivity index (χ2v) is 12.4. The zero-order valence-corrected chi connectivity index (χ0v) is 26.5.